The van der Waals surface area contributed by atoms with E-state index in [9.17, 15) is 14.9 Å². The number of nitrogens with one attached hydrogen (secondary N) is 1. The molecule has 7 heteroatoms. The molecule has 0 unspecified atom stereocenters. The van der Waals surface area contributed by atoms with E-state index in [-0.39, 0.29) is 22.9 Å². The largest absolute Gasteiger partial charge is 0.493 e. The Labute approximate surface area is 141 Å². The molecule has 0 saturated heterocycles. The molecule has 7 nitrogen and oxygen atoms in total. The molecule has 1 aromatic rings. The Morgan fingerprint density at radius 2 is 1.92 bits per heavy atom. The maximum Gasteiger partial charge on any atom is 0.296 e. The van der Waals surface area contributed by atoms with Crippen LogP contribution in [-0.4, -0.2) is 17.9 Å². The standard InChI is InChI=1S/C15H16N2O5.C2H6/c1-5-7-11(6-2)22-15-8-12(16-10(3)18)13(17(19)20)9-14(15)21-4;1-2/h5-9H,1-2H2,3-4H3,(H,16,18);1-2H3/b11-7+;. The summed E-state index contributed by atoms with van der Waals surface area (Å²) >= 11 is 0. The zero-order valence-corrected chi connectivity index (χ0v) is 14.3. The molecule has 0 aromatic heterocycles. The summed E-state index contributed by atoms with van der Waals surface area (Å²) < 4.78 is 10.6. The minimum atomic E-state index is -0.619. The maximum atomic E-state index is 11.2. The fourth-order valence-corrected chi connectivity index (χ4v) is 1.62. The van der Waals surface area contributed by atoms with E-state index in [1.165, 1.54) is 38.3 Å². The van der Waals surface area contributed by atoms with Crippen molar-refractivity contribution in [3.63, 3.8) is 0 Å². The number of benzene rings is 1. The van der Waals surface area contributed by atoms with Crippen molar-refractivity contribution in [1.82, 2.24) is 0 Å². The third-order valence-electron chi connectivity index (χ3n) is 2.50. The molecule has 24 heavy (non-hydrogen) atoms. The van der Waals surface area contributed by atoms with Crippen LogP contribution in [0.3, 0.4) is 0 Å². The molecular weight excluding hydrogens is 312 g/mol. The summed E-state index contributed by atoms with van der Waals surface area (Å²) in [4.78, 5) is 21.6. The Morgan fingerprint density at radius 3 is 2.33 bits per heavy atom. The smallest absolute Gasteiger partial charge is 0.296 e. The van der Waals surface area contributed by atoms with Gasteiger partial charge in [-0.3, -0.25) is 14.9 Å². The van der Waals surface area contributed by atoms with Crippen molar-refractivity contribution in [1.29, 1.82) is 0 Å². The lowest BCUT2D eigenvalue weighted by Crippen LogP contribution is -2.09. The second-order valence-electron chi connectivity index (χ2n) is 4.07. The van der Waals surface area contributed by atoms with Crippen LogP contribution in [0.4, 0.5) is 11.4 Å². The first-order chi connectivity index (χ1) is 11.4. The van der Waals surface area contributed by atoms with E-state index < -0.39 is 10.8 Å². The molecule has 0 atom stereocenters. The van der Waals surface area contributed by atoms with Gasteiger partial charge in [-0.2, -0.15) is 0 Å². The second kappa shape index (κ2) is 10.6. The molecule has 0 bridgehead atoms. The van der Waals surface area contributed by atoms with Crippen LogP contribution in [0.25, 0.3) is 0 Å². The molecule has 0 radical (unpaired) electrons. The van der Waals surface area contributed by atoms with Gasteiger partial charge >= 0.3 is 0 Å². The van der Waals surface area contributed by atoms with Crippen molar-refractivity contribution in [3.8, 4) is 11.5 Å². The van der Waals surface area contributed by atoms with Gasteiger partial charge in [0.05, 0.1) is 18.1 Å². The molecule has 0 spiro atoms. The molecule has 0 saturated carbocycles. The molecule has 1 aromatic carbocycles. The highest BCUT2D eigenvalue weighted by Gasteiger charge is 2.21. The Morgan fingerprint density at radius 1 is 1.29 bits per heavy atom. The number of amides is 1. The van der Waals surface area contributed by atoms with Crippen LogP contribution in [0, 0.1) is 10.1 Å². The molecule has 1 N–H and O–H groups in total. The normalized spacial score (nSPS) is 9.92. The highest BCUT2D eigenvalue weighted by Crippen LogP contribution is 2.38. The van der Waals surface area contributed by atoms with E-state index in [1.54, 1.807) is 6.08 Å². The van der Waals surface area contributed by atoms with Gasteiger partial charge in [0, 0.05) is 13.0 Å². The molecule has 1 amide bonds. The van der Waals surface area contributed by atoms with Gasteiger partial charge in [0.2, 0.25) is 5.91 Å². The van der Waals surface area contributed by atoms with Gasteiger partial charge in [-0.25, -0.2) is 0 Å². The fraction of sp³-hybridized carbons (Fsp3) is 0.235. The Balaban J connectivity index is 0.00000254. The number of rotatable bonds is 7. The minimum absolute atomic E-state index is 0.00955. The summed E-state index contributed by atoms with van der Waals surface area (Å²) in [6.45, 7) is 12.4. The summed E-state index contributed by atoms with van der Waals surface area (Å²) in [5.41, 5.74) is -0.289. The van der Waals surface area contributed by atoms with Crippen LogP contribution in [0.2, 0.25) is 0 Å². The van der Waals surface area contributed by atoms with E-state index in [4.69, 9.17) is 9.47 Å². The van der Waals surface area contributed by atoms with E-state index in [0.717, 1.165) is 0 Å². The summed E-state index contributed by atoms with van der Waals surface area (Å²) in [6.07, 6.45) is 4.51. The van der Waals surface area contributed by atoms with Crippen LogP contribution in [0.15, 0.2) is 49.3 Å². The summed E-state index contributed by atoms with van der Waals surface area (Å²) in [6, 6.07) is 2.49. The van der Waals surface area contributed by atoms with Gasteiger partial charge in [-0.05, 0) is 12.2 Å². The summed E-state index contributed by atoms with van der Waals surface area (Å²) in [5, 5.41) is 13.5. The van der Waals surface area contributed by atoms with Gasteiger partial charge in [0.25, 0.3) is 5.69 Å². The predicted molar refractivity (Wildman–Crippen MR) is 94.4 cm³/mol. The monoisotopic (exact) mass is 334 g/mol. The quantitative estimate of drug-likeness (QED) is 0.349. The van der Waals surface area contributed by atoms with Crippen molar-refractivity contribution >= 4 is 17.3 Å². The number of methoxy groups -OCH3 is 1. The Kier molecular flexibility index (Phi) is 9.24. The van der Waals surface area contributed by atoms with Crippen molar-refractivity contribution in [2.75, 3.05) is 12.4 Å². The van der Waals surface area contributed by atoms with E-state index in [1.807, 2.05) is 13.8 Å². The lowest BCUT2D eigenvalue weighted by Gasteiger charge is -2.13. The second-order valence-corrected chi connectivity index (χ2v) is 4.07. The minimum Gasteiger partial charge on any atom is -0.493 e. The fourth-order valence-electron chi connectivity index (χ4n) is 1.62. The van der Waals surface area contributed by atoms with E-state index in [0.29, 0.717) is 5.76 Å². The zero-order valence-electron chi connectivity index (χ0n) is 14.3. The topological polar surface area (TPSA) is 90.7 Å². The Hall–Kier alpha value is -3.09. The lowest BCUT2D eigenvalue weighted by atomic mass is 10.2. The van der Waals surface area contributed by atoms with E-state index >= 15 is 0 Å². The third-order valence-corrected chi connectivity index (χ3v) is 2.50. The number of carbonyl (C=O) groups is 1. The first-order valence-corrected chi connectivity index (χ1v) is 7.20. The highest BCUT2D eigenvalue weighted by molar-refractivity contribution is 5.92. The van der Waals surface area contributed by atoms with Gasteiger partial charge in [-0.1, -0.05) is 33.1 Å². The van der Waals surface area contributed by atoms with Crippen molar-refractivity contribution < 1.29 is 19.2 Å². The Bertz CT molecular complexity index is 651. The predicted octanol–water partition coefficient (Wildman–Crippen LogP) is 4.22. The molecule has 0 fully saturated rings. The molecule has 0 aliphatic carbocycles. The van der Waals surface area contributed by atoms with Gasteiger partial charge in [0.1, 0.15) is 11.4 Å². The number of anilines is 1. The number of hydrogen-bond acceptors (Lipinski definition) is 5. The van der Waals surface area contributed by atoms with E-state index in [2.05, 4.69) is 18.5 Å². The highest BCUT2D eigenvalue weighted by atomic mass is 16.6. The molecule has 0 aliphatic rings. The van der Waals surface area contributed by atoms with Gasteiger partial charge < -0.3 is 14.8 Å². The number of nitro benzene ring substituents is 1. The molecule has 130 valence electrons. The third kappa shape index (κ3) is 5.96. The van der Waals surface area contributed by atoms with Gasteiger partial charge in [-0.15, -0.1) is 0 Å². The van der Waals surface area contributed by atoms with Gasteiger partial charge in [0.15, 0.2) is 11.5 Å². The zero-order chi connectivity index (χ0) is 18.7. The van der Waals surface area contributed by atoms with Crippen molar-refractivity contribution in [2.45, 2.75) is 20.8 Å². The number of hydrogen-bond donors (Lipinski definition) is 1. The number of nitro groups is 1. The van der Waals surface area contributed by atoms with Crippen LogP contribution in [-0.2, 0) is 4.79 Å². The van der Waals surface area contributed by atoms with Crippen LogP contribution < -0.4 is 14.8 Å². The average Bonchev–Trinajstić information content (AvgIpc) is 2.55. The average molecular weight is 334 g/mol. The summed E-state index contributed by atoms with van der Waals surface area (Å²) in [7, 11) is 1.36. The van der Waals surface area contributed by atoms with Crippen LogP contribution in [0.5, 0.6) is 11.5 Å². The number of nitrogens with zero attached hydrogens (tertiary/aromatic N) is 1. The number of allylic oxidation sites excluding steroid dienone is 3. The van der Waals surface area contributed by atoms with Crippen molar-refractivity contribution in [3.05, 3.63) is 59.4 Å². The molecule has 1 rings (SSSR count). The number of carbonyl (C=O) groups excluding carboxylic acids is 1. The van der Waals surface area contributed by atoms with Crippen LogP contribution >= 0.6 is 0 Å². The first-order valence-electron chi connectivity index (χ1n) is 7.20. The number of ether oxygens (including phenoxy) is 2. The molecule has 0 aliphatic heterocycles. The lowest BCUT2D eigenvalue weighted by molar-refractivity contribution is -0.384. The summed E-state index contributed by atoms with van der Waals surface area (Å²) in [5.74, 6) is 0.281. The maximum absolute atomic E-state index is 11.2. The SMILES string of the molecule is C=C/C=C(\C=C)Oc1cc(NC(C)=O)c([N+](=O)[O-])cc1OC.CC. The first kappa shape index (κ1) is 20.9. The molecular formula is C17H22N2O5. The van der Waals surface area contributed by atoms with Crippen molar-refractivity contribution in [2.24, 2.45) is 0 Å². The molecule has 0 heterocycles. The van der Waals surface area contributed by atoms with Crippen LogP contribution in [0.1, 0.15) is 20.8 Å².